The summed E-state index contributed by atoms with van der Waals surface area (Å²) in [6.45, 7) is 7.54. The number of aryl methyl sites for hydroxylation is 1. The van der Waals surface area contributed by atoms with E-state index in [4.69, 9.17) is 4.74 Å². The molecule has 3 heteroatoms. The van der Waals surface area contributed by atoms with Crippen LogP contribution >= 0.6 is 0 Å². The minimum Gasteiger partial charge on any atom is -0.446 e. The average molecular weight is 315 g/mol. The Kier molecular flexibility index (Phi) is 4.93. The van der Waals surface area contributed by atoms with Gasteiger partial charge in [0.05, 0.1) is 5.69 Å². The number of ether oxygens (including phenoxy) is 1. The van der Waals surface area contributed by atoms with E-state index < -0.39 is 0 Å². The topological polar surface area (TPSA) is 29.5 Å². The number of amides is 1. The van der Waals surface area contributed by atoms with Crippen LogP contribution in [0.15, 0.2) is 24.3 Å². The van der Waals surface area contributed by atoms with Crippen molar-refractivity contribution in [3.8, 4) is 0 Å². The number of hydrogen-bond acceptors (Lipinski definition) is 2. The molecule has 0 aromatic heterocycles. The second-order valence-electron chi connectivity index (χ2n) is 7.63. The van der Waals surface area contributed by atoms with Crippen LogP contribution in [0.1, 0.15) is 52.0 Å². The molecule has 0 spiro atoms. The molecule has 23 heavy (non-hydrogen) atoms. The summed E-state index contributed by atoms with van der Waals surface area (Å²) in [5.41, 5.74) is 2.29. The van der Waals surface area contributed by atoms with Crippen molar-refractivity contribution in [2.24, 2.45) is 17.8 Å². The van der Waals surface area contributed by atoms with Crippen molar-refractivity contribution in [3.05, 3.63) is 29.8 Å². The summed E-state index contributed by atoms with van der Waals surface area (Å²) in [6.07, 6.45) is 5.42. The van der Waals surface area contributed by atoms with Gasteiger partial charge in [0.25, 0.3) is 0 Å². The van der Waals surface area contributed by atoms with E-state index in [0.29, 0.717) is 17.8 Å². The maximum atomic E-state index is 12.8. The standard InChI is InChI=1S/C20H29NO2/c1-14(2)17-11-10-15(3)13-19(17)23-20(22)21-12-6-8-16-7-4-5-9-18(16)21/h4-5,7,9,14-15,17,19H,6,8,10-13H2,1-3H3/t15-,17+,19-/m1/s1. The normalized spacial score (nSPS) is 27.7. The minimum atomic E-state index is -0.151. The lowest BCUT2D eigenvalue weighted by molar-refractivity contribution is 0.00927. The Morgan fingerprint density at radius 1 is 1.26 bits per heavy atom. The highest BCUT2D eigenvalue weighted by molar-refractivity contribution is 5.89. The van der Waals surface area contributed by atoms with Crippen LogP contribution in [0.25, 0.3) is 0 Å². The molecule has 3 atom stereocenters. The maximum absolute atomic E-state index is 12.8. The van der Waals surface area contributed by atoms with Crippen molar-refractivity contribution in [3.63, 3.8) is 0 Å². The van der Waals surface area contributed by atoms with E-state index >= 15 is 0 Å². The summed E-state index contributed by atoms with van der Waals surface area (Å²) in [7, 11) is 0. The molecule has 1 fully saturated rings. The summed E-state index contributed by atoms with van der Waals surface area (Å²) < 4.78 is 6.02. The number of benzene rings is 1. The van der Waals surface area contributed by atoms with Gasteiger partial charge in [0, 0.05) is 6.54 Å². The zero-order chi connectivity index (χ0) is 16.4. The SMILES string of the molecule is CC(C)[C@@H]1CC[C@@H](C)C[C@H]1OC(=O)N1CCCc2ccccc21. The first kappa shape index (κ1) is 16.4. The fourth-order valence-corrected chi connectivity index (χ4v) is 4.17. The summed E-state index contributed by atoms with van der Waals surface area (Å²) >= 11 is 0. The van der Waals surface area contributed by atoms with Gasteiger partial charge in [-0.3, -0.25) is 4.90 Å². The molecule has 1 aromatic rings. The highest BCUT2D eigenvalue weighted by atomic mass is 16.6. The van der Waals surface area contributed by atoms with Gasteiger partial charge in [0.1, 0.15) is 6.10 Å². The fraction of sp³-hybridized carbons (Fsp3) is 0.650. The average Bonchev–Trinajstić information content (AvgIpc) is 2.54. The molecule has 2 aliphatic rings. The minimum absolute atomic E-state index is 0.0698. The molecule has 126 valence electrons. The lowest BCUT2D eigenvalue weighted by Crippen LogP contribution is -2.42. The van der Waals surface area contributed by atoms with Crippen molar-refractivity contribution in [1.82, 2.24) is 0 Å². The number of fused-ring (bicyclic) bond motifs is 1. The van der Waals surface area contributed by atoms with Crippen molar-refractivity contribution in [2.75, 3.05) is 11.4 Å². The molecule has 1 aliphatic heterocycles. The third kappa shape index (κ3) is 3.54. The Labute approximate surface area is 140 Å². The van der Waals surface area contributed by atoms with Crippen molar-refractivity contribution >= 4 is 11.8 Å². The van der Waals surface area contributed by atoms with Gasteiger partial charge in [0.15, 0.2) is 0 Å². The highest BCUT2D eigenvalue weighted by Crippen LogP contribution is 2.36. The van der Waals surface area contributed by atoms with E-state index in [1.807, 2.05) is 23.1 Å². The Bertz CT molecular complexity index is 554. The fourth-order valence-electron chi connectivity index (χ4n) is 4.17. The molecular weight excluding hydrogens is 286 g/mol. The number of carbonyl (C=O) groups excluding carboxylic acids is 1. The Morgan fingerprint density at radius 3 is 2.83 bits per heavy atom. The second-order valence-corrected chi connectivity index (χ2v) is 7.63. The van der Waals surface area contributed by atoms with Crippen LogP contribution in [-0.2, 0) is 11.2 Å². The van der Waals surface area contributed by atoms with Gasteiger partial charge in [-0.25, -0.2) is 4.79 Å². The summed E-state index contributed by atoms with van der Waals surface area (Å²) in [5, 5.41) is 0. The zero-order valence-electron chi connectivity index (χ0n) is 14.6. The van der Waals surface area contributed by atoms with E-state index in [1.54, 1.807) is 0 Å². The van der Waals surface area contributed by atoms with Gasteiger partial charge < -0.3 is 4.74 Å². The maximum Gasteiger partial charge on any atom is 0.414 e. The van der Waals surface area contributed by atoms with Crippen molar-refractivity contribution in [1.29, 1.82) is 0 Å². The Balaban J connectivity index is 1.73. The number of rotatable bonds is 2. The van der Waals surface area contributed by atoms with Gasteiger partial charge in [-0.2, -0.15) is 0 Å². The van der Waals surface area contributed by atoms with Crippen LogP contribution in [0.3, 0.4) is 0 Å². The first-order chi connectivity index (χ1) is 11.1. The Morgan fingerprint density at radius 2 is 2.04 bits per heavy atom. The van der Waals surface area contributed by atoms with Gasteiger partial charge in [0.2, 0.25) is 0 Å². The third-order valence-corrected chi connectivity index (χ3v) is 5.54. The van der Waals surface area contributed by atoms with E-state index in [2.05, 4.69) is 26.8 Å². The first-order valence-corrected chi connectivity index (χ1v) is 9.12. The molecule has 0 saturated heterocycles. The molecule has 1 heterocycles. The molecule has 1 amide bonds. The van der Waals surface area contributed by atoms with Gasteiger partial charge in [-0.15, -0.1) is 0 Å². The molecule has 1 aromatic carbocycles. The highest BCUT2D eigenvalue weighted by Gasteiger charge is 2.35. The number of anilines is 1. The van der Waals surface area contributed by atoms with E-state index in [-0.39, 0.29) is 12.2 Å². The Hall–Kier alpha value is -1.51. The molecule has 0 unspecified atom stereocenters. The summed E-state index contributed by atoms with van der Waals surface area (Å²) in [5.74, 6) is 1.71. The number of para-hydroxylation sites is 1. The van der Waals surface area contributed by atoms with Crippen LogP contribution in [0.5, 0.6) is 0 Å². The molecule has 1 aliphatic carbocycles. The smallest absolute Gasteiger partial charge is 0.414 e. The van der Waals surface area contributed by atoms with Crippen molar-refractivity contribution < 1.29 is 9.53 Å². The van der Waals surface area contributed by atoms with Crippen LogP contribution in [0.2, 0.25) is 0 Å². The van der Waals surface area contributed by atoms with Crippen LogP contribution in [0.4, 0.5) is 10.5 Å². The molecule has 3 rings (SSSR count). The molecular formula is C20H29NO2. The lowest BCUT2D eigenvalue weighted by Gasteiger charge is -2.38. The van der Waals surface area contributed by atoms with Gasteiger partial charge in [-0.05, 0) is 55.1 Å². The quantitative estimate of drug-likeness (QED) is 0.765. The van der Waals surface area contributed by atoms with Crippen molar-refractivity contribution in [2.45, 2.75) is 59.0 Å². The largest absolute Gasteiger partial charge is 0.446 e. The zero-order valence-corrected chi connectivity index (χ0v) is 14.6. The summed E-state index contributed by atoms with van der Waals surface area (Å²) in [6, 6.07) is 8.21. The number of nitrogens with zero attached hydrogens (tertiary/aromatic N) is 1. The predicted octanol–water partition coefficient (Wildman–Crippen LogP) is 5.04. The molecule has 0 bridgehead atoms. The van der Waals surface area contributed by atoms with Gasteiger partial charge >= 0.3 is 6.09 Å². The monoisotopic (exact) mass is 315 g/mol. The van der Waals surface area contributed by atoms with Gasteiger partial charge in [-0.1, -0.05) is 45.4 Å². The number of hydrogen-bond donors (Lipinski definition) is 0. The van der Waals surface area contributed by atoms with Crippen LogP contribution < -0.4 is 4.90 Å². The molecule has 3 nitrogen and oxygen atoms in total. The van der Waals surface area contributed by atoms with E-state index in [0.717, 1.165) is 31.5 Å². The number of carbonyl (C=O) groups is 1. The summed E-state index contributed by atoms with van der Waals surface area (Å²) in [4.78, 5) is 14.7. The molecule has 0 radical (unpaired) electrons. The lowest BCUT2D eigenvalue weighted by atomic mass is 9.75. The van der Waals surface area contributed by atoms with E-state index in [9.17, 15) is 4.79 Å². The van der Waals surface area contributed by atoms with E-state index in [1.165, 1.54) is 18.4 Å². The second kappa shape index (κ2) is 6.94. The van der Waals surface area contributed by atoms with Crippen LogP contribution in [0, 0.1) is 17.8 Å². The molecule has 0 N–H and O–H groups in total. The third-order valence-electron chi connectivity index (χ3n) is 5.54. The predicted molar refractivity (Wildman–Crippen MR) is 93.7 cm³/mol. The first-order valence-electron chi connectivity index (χ1n) is 9.12. The molecule has 1 saturated carbocycles. The van der Waals surface area contributed by atoms with Crippen LogP contribution in [-0.4, -0.2) is 18.7 Å².